The summed E-state index contributed by atoms with van der Waals surface area (Å²) in [5.74, 6) is 0. The van der Waals surface area contributed by atoms with E-state index in [2.05, 4.69) is 85.9 Å². The Kier molecular flexibility index (Phi) is 11.9. The van der Waals surface area contributed by atoms with Crippen molar-refractivity contribution in [3.05, 3.63) is 54.1 Å². The Morgan fingerprint density at radius 1 is 1.00 bits per heavy atom. The SMILES string of the molecule is Nc1ccc(Br)cc1I.Nc1ccccc1I.[B]=NS. The third kappa shape index (κ3) is 9.19. The van der Waals surface area contributed by atoms with Crippen LogP contribution in [0.4, 0.5) is 11.4 Å². The summed E-state index contributed by atoms with van der Waals surface area (Å²) in [6.07, 6.45) is 0. The molecule has 1 radical (unpaired) electrons. The van der Waals surface area contributed by atoms with E-state index in [0.717, 1.165) is 23.0 Å². The van der Waals surface area contributed by atoms with Gasteiger partial charge in [-0.3, -0.25) is 0 Å². The molecule has 2 aromatic rings. The number of benzene rings is 2. The first-order valence-electron chi connectivity index (χ1n) is 5.17. The number of hydrogen-bond donors (Lipinski definition) is 3. The molecule has 0 aliphatic rings. The van der Waals surface area contributed by atoms with Crippen molar-refractivity contribution in [1.29, 1.82) is 0 Å². The Labute approximate surface area is 161 Å². The Bertz CT molecular complexity index is 537. The van der Waals surface area contributed by atoms with Crippen molar-refractivity contribution in [2.24, 2.45) is 4.30 Å². The fourth-order valence-corrected chi connectivity index (χ4v) is 2.67. The van der Waals surface area contributed by atoms with Gasteiger partial charge in [-0.15, -0.1) is 0 Å². The molecule has 0 bridgehead atoms. The second-order valence-corrected chi connectivity index (χ2v) is 6.77. The molecule has 2 rings (SSSR count). The van der Waals surface area contributed by atoms with Gasteiger partial charge in [0, 0.05) is 23.0 Å². The van der Waals surface area contributed by atoms with Crippen LogP contribution in [-0.4, -0.2) is 7.64 Å². The van der Waals surface area contributed by atoms with Gasteiger partial charge in [0.1, 0.15) is 0 Å². The Hall–Kier alpha value is 0.195. The topological polar surface area (TPSA) is 64.4 Å². The van der Waals surface area contributed by atoms with Crippen LogP contribution >= 0.6 is 73.9 Å². The summed E-state index contributed by atoms with van der Waals surface area (Å²) in [5, 5.41) is 0. The number of para-hydroxylation sites is 1. The number of thiol groups is 1. The van der Waals surface area contributed by atoms with Crippen LogP contribution in [0.25, 0.3) is 0 Å². The first kappa shape index (κ1) is 20.2. The number of nitrogen functional groups attached to an aromatic ring is 2. The molecule has 0 aliphatic heterocycles. The maximum absolute atomic E-state index is 5.56. The second kappa shape index (κ2) is 11.8. The minimum atomic E-state index is 0.832. The van der Waals surface area contributed by atoms with E-state index in [1.807, 2.05) is 42.5 Å². The summed E-state index contributed by atoms with van der Waals surface area (Å²) in [5.41, 5.74) is 12.8. The molecule has 105 valence electrons. The zero-order valence-electron chi connectivity index (χ0n) is 10.3. The molecule has 20 heavy (non-hydrogen) atoms. The van der Waals surface area contributed by atoms with E-state index < -0.39 is 0 Å². The molecule has 0 saturated carbocycles. The molecule has 4 N–H and O–H groups in total. The van der Waals surface area contributed by atoms with E-state index in [-0.39, 0.29) is 0 Å². The number of nitrogens with zero attached hydrogens (tertiary/aromatic N) is 1. The first-order chi connectivity index (χ1) is 9.42. The summed E-state index contributed by atoms with van der Waals surface area (Å²) in [4.78, 5) is 0. The van der Waals surface area contributed by atoms with Crippen LogP contribution in [0.15, 0.2) is 51.2 Å². The van der Waals surface area contributed by atoms with Crippen molar-refractivity contribution in [3.8, 4) is 0 Å². The predicted octanol–water partition coefficient (Wildman–Crippen LogP) is 4.69. The van der Waals surface area contributed by atoms with Crippen LogP contribution in [0, 0.1) is 7.14 Å². The molecular formula is C12H12BBrI2N3S. The van der Waals surface area contributed by atoms with Gasteiger partial charge in [-0.1, -0.05) is 28.1 Å². The first-order valence-corrected chi connectivity index (χ1v) is 8.52. The zero-order chi connectivity index (χ0) is 15.5. The number of nitrogens with two attached hydrogens (primary N) is 2. The van der Waals surface area contributed by atoms with E-state index >= 15 is 0 Å². The molecule has 0 amide bonds. The van der Waals surface area contributed by atoms with E-state index in [1.54, 1.807) is 0 Å². The van der Waals surface area contributed by atoms with Crippen LogP contribution < -0.4 is 11.5 Å². The summed E-state index contributed by atoms with van der Waals surface area (Å²) >= 11 is 10.9. The molecule has 0 unspecified atom stereocenters. The molecule has 0 heterocycles. The fraction of sp³-hybridized carbons (Fsp3) is 0. The van der Waals surface area contributed by atoms with Gasteiger partial charge in [0.15, 0.2) is 0 Å². The molecule has 0 saturated heterocycles. The maximum atomic E-state index is 5.56. The molecule has 0 aliphatic carbocycles. The summed E-state index contributed by atoms with van der Waals surface area (Å²) in [6.45, 7) is 0. The van der Waals surface area contributed by atoms with E-state index in [4.69, 9.17) is 11.5 Å². The number of anilines is 2. The van der Waals surface area contributed by atoms with Crippen LogP contribution in [0.1, 0.15) is 0 Å². The normalized spacial score (nSPS) is 8.55. The van der Waals surface area contributed by atoms with Crippen molar-refractivity contribution in [3.63, 3.8) is 0 Å². The standard InChI is InChI=1S/C6H5BrIN.C6H6IN.BHNS/c7-4-1-2-6(9)5(8)3-4;7-5-3-1-2-4-6(5)8;1-2-3/h1-3H,9H2;1-4H,8H2;3H. The van der Waals surface area contributed by atoms with Crippen LogP contribution in [0.3, 0.4) is 0 Å². The van der Waals surface area contributed by atoms with E-state index in [9.17, 15) is 0 Å². The van der Waals surface area contributed by atoms with Crippen LogP contribution in [0.2, 0.25) is 0 Å². The van der Waals surface area contributed by atoms with Crippen LogP contribution in [0.5, 0.6) is 0 Å². The minimum absolute atomic E-state index is 0.832. The average Bonchev–Trinajstić information content (AvgIpc) is 2.40. The summed E-state index contributed by atoms with van der Waals surface area (Å²) in [7, 11) is 4.34. The summed E-state index contributed by atoms with van der Waals surface area (Å²) < 4.78 is 5.97. The third-order valence-electron chi connectivity index (χ3n) is 1.87. The number of rotatable bonds is 0. The van der Waals surface area contributed by atoms with Gasteiger partial charge >= 0.3 is 24.8 Å². The molecule has 0 fully saturated rings. The van der Waals surface area contributed by atoms with Gasteiger partial charge in [-0.25, -0.2) is 0 Å². The molecular weight excluding hydrogens is 563 g/mol. The molecule has 0 atom stereocenters. The van der Waals surface area contributed by atoms with Crippen molar-refractivity contribution in [2.45, 2.75) is 0 Å². The van der Waals surface area contributed by atoms with Gasteiger partial charge in [0.05, 0.1) is 0 Å². The molecule has 8 heteroatoms. The van der Waals surface area contributed by atoms with Gasteiger partial charge in [0.25, 0.3) is 0 Å². The summed E-state index contributed by atoms with van der Waals surface area (Å²) in [6, 6.07) is 13.6. The van der Waals surface area contributed by atoms with Gasteiger partial charge in [-0.2, -0.15) is 0 Å². The van der Waals surface area contributed by atoms with Crippen molar-refractivity contribution < 1.29 is 0 Å². The molecule has 3 nitrogen and oxygen atoms in total. The average molecular weight is 575 g/mol. The van der Waals surface area contributed by atoms with E-state index in [1.165, 1.54) is 0 Å². The van der Waals surface area contributed by atoms with Gasteiger partial charge in [0.2, 0.25) is 0 Å². The molecule has 0 spiro atoms. The quantitative estimate of drug-likeness (QED) is 0.185. The van der Waals surface area contributed by atoms with Crippen LogP contribution in [-0.2, 0) is 0 Å². The van der Waals surface area contributed by atoms with Crippen molar-refractivity contribution in [2.75, 3.05) is 11.5 Å². The number of halogens is 3. The predicted molar refractivity (Wildman–Crippen MR) is 112 cm³/mol. The van der Waals surface area contributed by atoms with E-state index in [0.29, 0.717) is 0 Å². The number of hydrogen-bond acceptors (Lipinski definition) is 4. The van der Waals surface area contributed by atoms with Crippen molar-refractivity contribution >= 4 is 92.9 Å². The monoisotopic (exact) mass is 574 g/mol. The molecule has 0 aromatic heterocycles. The zero-order valence-corrected chi connectivity index (χ0v) is 17.1. The Morgan fingerprint density at radius 2 is 1.50 bits per heavy atom. The van der Waals surface area contributed by atoms with Gasteiger partial charge in [-0.05, 0) is 75.5 Å². The third-order valence-corrected chi connectivity index (χ3v) is 4.28. The Balaban J connectivity index is 0.000000304. The fourth-order valence-electron chi connectivity index (χ4n) is 0.977. The Morgan fingerprint density at radius 3 is 1.85 bits per heavy atom. The second-order valence-electron chi connectivity index (χ2n) is 3.30. The van der Waals surface area contributed by atoms with Crippen molar-refractivity contribution in [1.82, 2.24) is 0 Å². The molecule has 2 aromatic carbocycles. The van der Waals surface area contributed by atoms with Gasteiger partial charge < -0.3 is 11.5 Å².